The number of ether oxygens (including phenoxy) is 7. The van der Waals surface area contributed by atoms with Crippen molar-refractivity contribution in [3.8, 4) is 5.75 Å². The van der Waals surface area contributed by atoms with Crippen molar-refractivity contribution in [2.45, 2.75) is 136 Å². The summed E-state index contributed by atoms with van der Waals surface area (Å²) in [4.78, 5) is 95.7. The maximum atomic E-state index is 14.5. The molecule has 6 bridgehead atoms. The summed E-state index contributed by atoms with van der Waals surface area (Å²) in [5, 5.41) is 20.4. The van der Waals surface area contributed by atoms with E-state index >= 15 is 0 Å². The number of carbonyl (C=O) groups is 6. The number of methoxy groups -OCH3 is 2. The number of benzene rings is 2. The smallest absolute Gasteiger partial charge is 0.409 e. The minimum absolute atomic E-state index is 0.0973. The molecule has 0 aliphatic carbocycles. The minimum atomic E-state index is -1.88. The molecule has 4 N–H and O–H groups in total. The van der Waals surface area contributed by atoms with Crippen molar-refractivity contribution in [3.63, 3.8) is 0 Å². The van der Waals surface area contributed by atoms with E-state index in [1.807, 2.05) is 49.4 Å². The lowest BCUT2D eigenvalue weighted by Crippen LogP contribution is -2.63. The second-order valence-corrected chi connectivity index (χ2v) is 25.1. The molecule has 2 saturated heterocycles. The molecule has 0 spiro atoms. The highest BCUT2D eigenvalue weighted by molar-refractivity contribution is 7.99. The van der Waals surface area contributed by atoms with E-state index in [1.54, 1.807) is 80.8 Å². The number of anilines is 1. The molecule has 5 amide bonds. The van der Waals surface area contributed by atoms with Crippen LogP contribution >= 0.6 is 35.1 Å². The van der Waals surface area contributed by atoms with E-state index in [0.29, 0.717) is 53.3 Å². The summed E-state index contributed by atoms with van der Waals surface area (Å²) < 4.78 is 41.0. The van der Waals surface area contributed by atoms with Gasteiger partial charge in [-0.25, -0.2) is 19.6 Å². The molecule has 3 aromatic carbocycles. The third-order valence-electron chi connectivity index (χ3n) is 16.1. The van der Waals surface area contributed by atoms with Crippen molar-refractivity contribution in [2.24, 2.45) is 5.92 Å². The highest BCUT2D eigenvalue weighted by Crippen LogP contribution is 2.49. The number of hydrogen-bond donors (Lipinski definition) is 4. The number of esters is 1. The van der Waals surface area contributed by atoms with Crippen molar-refractivity contribution in [1.29, 1.82) is 0 Å². The molecule has 21 nitrogen and oxygen atoms in total. The van der Waals surface area contributed by atoms with Crippen LogP contribution in [0.4, 0.5) is 10.5 Å². The summed E-state index contributed by atoms with van der Waals surface area (Å²) in [6.07, 6.45) is 1.56. The molecular weight excluding hydrogens is 1200 g/mol. The molecule has 0 saturated carbocycles. The molecule has 0 radical (unpaired) electrons. The first kappa shape index (κ1) is 68.1. The maximum absolute atomic E-state index is 14.5. The second-order valence-electron chi connectivity index (χ2n) is 22.6. The second kappa shape index (κ2) is 31.8. The minimum Gasteiger partial charge on any atom is -0.495 e. The first-order chi connectivity index (χ1) is 42.7. The SMILES string of the molecule is COc1cc2cc(c1Cl)N(C)C(=O)CC(OC(=O)C(CCCCNC(=O)CCOCCOCCNC(=O)c1ccc3nc4c(nc3c1)CSc1cccccccc(c1)SC4)N(C)C(C)=O)C1(C)OC1C(C)C1CC(O)(NC(=O)O1)C(OC)C=CC=C(C)C2. The molecule has 8 rings (SSSR count). The van der Waals surface area contributed by atoms with E-state index in [1.165, 1.54) is 38.0 Å². The number of fused-ring (bicyclic) bond motifs is 9. The lowest BCUT2D eigenvalue weighted by Gasteiger charge is -2.42. The van der Waals surface area contributed by atoms with Crippen molar-refractivity contribution < 1.29 is 67.0 Å². The summed E-state index contributed by atoms with van der Waals surface area (Å²) in [6, 6.07) is 24.2. The van der Waals surface area contributed by atoms with E-state index in [4.69, 9.17) is 54.7 Å². The van der Waals surface area contributed by atoms with E-state index in [0.717, 1.165) is 37.8 Å². The Morgan fingerprint density at radius 1 is 0.910 bits per heavy atom. The van der Waals surface area contributed by atoms with Crippen molar-refractivity contribution in [2.75, 3.05) is 72.7 Å². The predicted octanol–water partition coefficient (Wildman–Crippen LogP) is 8.62. The molecule has 5 heterocycles. The Morgan fingerprint density at radius 3 is 2.30 bits per heavy atom. The fourth-order valence-corrected chi connectivity index (χ4v) is 13.1. The van der Waals surface area contributed by atoms with Crippen molar-refractivity contribution >= 4 is 87.5 Å². The molecule has 89 heavy (non-hydrogen) atoms. The molecule has 2 fully saturated rings. The number of hydrogen-bond acceptors (Lipinski definition) is 18. The number of rotatable bonds is 20. The number of alkyl carbamates (subject to hydrolysis) is 1. The van der Waals surface area contributed by atoms with Gasteiger partial charge < -0.3 is 58.7 Å². The zero-order valence-corrected chi connectivity index (χ0v) is 53.9. The average Bonchev–Trinajstić information content (AvgIpc) is 1.62. The highest BCUT2D eigenvalue weighted by Gasteiger charge is 2.64. The van der Waals surface area contributed by atoms with Crippen LogP contribution in [-0.2, 0) is 65.5 Å². The Morgan fingerprint density at radius 2 is 1.61 bits per heavy atom. The summed E-state index contributed by atoms with van der Waals surface area (Å²) in [5.41, 5.74) is 2.48. The quantitative estimate of drug-likeness (QED) is 0.0367. The Labute approximate surface area is 533 Å². The first-order valence-electron chi connectivity index (χ1n) is 29.7. The third kappa shape index (κ3) is 18.2. The topological polar surface area (TPSA) is 259 Å². The lowest BCUT2D eigenvalue weighted by atomic mass is 9.83. The average molecular weight is 1280 g/mol. The molecule has 478 valence electrons. The zero-order chi connectivity index (χ0) is 63.8. The van der Waals surface area contributed by atoms with Crippen LogP contribution < -0.4 is 25.6 Å². The van der Waals surface area contributed by atoms with Gasteiger partial charge in [-0.2, -0.15) is 0 Å². The maximum Gasteiger partial charge on any atom is 0.409 e. The van der Waals surface area contributed by atoms with Crippen LogP contribution in [0.1, 0.15) is 93.5 Å². The molecule has 4 aromatic rings. The van der Waals surface area contributed by atoms with Crippen LogP contribution in [0.3, 0.4) is 0 Å². The Bertz CT molecular complexity index is 3360. The monoisotopic (exact) mass is 1280 g/mol. The number of nitrogens with one attached hydrogen (secondary N) is 3. The van der Waals surface area contributed by atoms with Gasteiger partial charge in [-0.1, -0.05) is 72.7 Å². The van der Waals surface area contributed by atoms with Gasteiger partial charge in [0.25, 0.3) is 5.91 Å². The van der Waals surface area contributed by atoms with E-state index in [2.05, 4.69) is 34.1 Å². The van der Waals surface area contributed by atoms with Crippen LogP contribution in [-0.4, -0.2) is 165 Å². The molecule has 8 unspecified atom stereocenters. The van der Waals surface area contributed by atoms with Gasteiger partial charge in [-0.15, -0.1) is 23.5 Å². The Balaban J connectivity index is 0.793. The Kier molecular flexibility index (Phi) is 24.3. The summed E-state index contributed by atoms with van der Waals surface area (Å²) >= 11 is 10.3. The normalized spacial score (nSPS) is 22.8. The number of nitrogens with zero attached hydrogens (tertiary/aromatic N) is 4. The van der Waals surface area contributed by atoms with Crippen LogP contribution in [0.15, 0.2) is 112 Å². The number of amides is 5. The molecule has 24 heteroatoms. The number of halogens is 1. The molecule has 1 aromatic heterocycles. The van der Waals surface area contributed by atoms with Crippen molar-refractivity contribution in [1.82, 2.24) is 30.8 Å². The number of aliphatic hydroxyl groups is 1. The summed E-state index contributed by atoms with van der Waals surface area (Å²) in [7, 11) is 5.95. The van der Waals surface area contributed by atoms with Crippen LogP contribution in [0.25, 0.3) is 11.0 Å². The fourth-order valence-electron chi connectivity index (χ4n) is 10.8. The first-order valence-corrected chi connectivity index (χ1v) is 32.1. The van der Waals surface area contributed by atoms with Gasteiger partial charge >= 0.3 is 12.1 Å². The number of thioether (sulfide) groups is 2. The van der Waals surface area contributed by atoms with Crippen LogP contribution in [0.5, 0.6) is 5.75 Å². The fraction of sp³-hybridized carbons (Fsp3) is 0.477. The predicted molar refractivity (Wildman–Crippen MR) is 339 cm³/mol. The highest BCUT2D eigenvalue weighted by atomic mass is 35.5. The van der Waals surface area contributed by atoms with Crippen LogP contribution in [0.2, 0.25) is 5.02 Å². The standard InChI is InChI=1S/C65H80ClN7O14S2/c1-40-17-16-21-55(82-8)65(80)37-54(85-63(79)71-65)41(2)60-64(4,87-60)56(36-58(76)73(6)52-32-43(31-40)33-53(81-7)59(52)66)86-62(78)51(72(5)42(3)74)20-14-15-25-67-57(75)24-27-83-29-30-84-28-26-68-61(77)44-22-23-47-48(34-44)70-50-39-89-46-19-13-11-9-10-12-18-45(35-46)88-38-49(50)69-47/h9-13,16-19,21-23,32-35,41,51,54-56,60,80H,14-15,20,24-31,36-39H2,1-8H3,(H,67,75)(H,68,77)(H,71,79). The van der Waals surface area contributed by atoms with Gasteiger partial charge in [0.05, 0.1) is 74.2 Å². The molecular formula is C65H80ClN7O14S2. The van der Waals surface area contributed by atoms with Gasteiger partial charge in [0.2, 0.25) is 17.7 Å². The molecule has 4 aliphatic heterocycles. The summed E-state index contributed by atoms with van der Waals surface area (Å²) in [5.74, 6) is -1.09. The van der Waals surface area contributed by atoms with Gasteiger partial charge in [-0.3, -0.25) is 24.5 Å². The third-order valence-corrected chi connectivity index (χ3v) is 18.5. The van der Waals surface area contributed by atoms with Gasteiger partial charge in [-0.05, 0) is 93.6 Å². The lowest BCUT2D eigenvalue weighted by molar-refractivity contribution is -0.162. The van der Waals surface area contributed by atoms with Crippen LogP contribution in [0, 0.1) is 5.92 Å². The number of aromatic nitrogens is 2. The van der Waals surface area contributed by atoms with Gasteiger partial charge in [0.15, 0.2) is 5.72 Å². The Hall–Kier alpha value is -6.83. The summed E-state index contributed by atoms with van der Waals surface area (Å²) in [6.45, 7) is 8.19. The van der Waals surface area contributed by atoms with E-state index in [9.17, 15) is 33.9 Å². The number of epoxide rings is 1. The largest absolute Gasteiger partial charge is 0.495 e. The van der Waals surface area contributed by atoms with Gasteiger partial charge in [0, 0.05) is 86.8 Å². The zero-order valence-electron chi connectivity index (χ0n) is 51.5. The number of unbranched alkanes of at least 4 members (excludes halogenated alkanes) is 1. The van der Waals surface area contributed by atoms with E-state index in [-0.39, 0.29) is 82.0 Å². The molecule has 4 aliphatic rings. The van der Waals surface area contributed by atoms with Crippen molar-refractivity contribution in [3.05, 3.63) is 130 Å². The number of allylic oxidation sites excluding steroid dienone is 3. The molecule has 8 atom stereocenters. The van der Waals surface area contributed by atoms with E-state index < -0.39 is 71.6 Å². The number of carbonyl (C=O) groups excluding carboxylic acids is 6. The number of likely N-dealkylation sites (N-methyl/N-ethyl adjacent to an activating group) is 1. The van der Waals surface area contributed by atoms with Gasteiger partial charge in [0.1, 0.15) is 40.7 Å².